The molecule has 0 radical (unpaired) electrons. The van der Waals surface area contributed by atoms with E-state index in [1.165, 1.54) is 10.7 Å². The molecule has 7 heteroatoms. The third-order valence-corrected chi connectivity index (χ3v) is 3.69. The first-order valence-corrected chi connectivity index (χ1v) is 7.11. The number of hydrogen-bond donors (Lipinski definition) is 2. The fourth-order valence-corrected chi connectivity index (χ4v) is 2.24. The van der Waals surface area contributed by atoms with Gasteiger partial charge in [0.2, 0.25) is 0 Å². The Balaban J connectivity index is 1.65. The van der Waals surface area contributed by atoms with Crippen molar-refractivity contribution in [1.82, 2.24) is 15.1 Å². The zero-order valence-electron chi connectivity index (χ0n) is 12.0. The minimum absolute atomic E-state index is 0.133. The van der Waals surface area contributed by atoms with Gasteiger partial charge in [-0.25, -0.2) is 18.3 Å². The Morgan fingerprint density at radius 2 is 2.09 bits per heavy atom. The molecular weight excluding hydrogens is 290 g/mol. The highest BCUT2D eigenvalue weighted by molar-refractivity contribution is 5.88. The van der Waals surface area contributed by atoms with E-state index < -0.39 is 11.6 Å². The summed E-state index contributed by atoms with van der Waals surface area (Å²) in [7, 11) is 0. The SMILES string of the molecule is C[C@H](NC(=O)Nc1ccn(-c2ccc(F)c(F)c2)n1)C1CC1. The van der Waals surface area contributed by atoms with Gasteiger partial charge in [-0.05, 0) is 37.8 Å². The average molecular weight is 306 g/mol. The van der Waals surface area contributed by atoms with Crippen molar-refractivity contribution in [1.29, 1.82) is 0 Å². The van der Waals surface area contributed by atoms with Crippen LogP contribution in [0, 0.1) is 17.6 Å². The maximum absolute atomic E-state index is 13.2. The van der Waals surface area contributed by atoms with Crippen molar-refractivity contribution in [2.24, 2.45) is 5.92 Å². The fraction of sp³-hybridized carbons (Fsp3) is 0.333. The van der Waals surface area contributed by atoms with E-state index in [0.29, 0.717) is 17.4 Å². The third kappa shape index (κ3) is 3.24. The molecule has 116 valence electrons. The quantitative estimate of drug-likeness (QED) is 0.912. The summed E-state index contributed by atoms with van der Waals surface area (Å²) in [6.07, 6.45) is 3.85. The molecule has 1 aliphatic carbocycles. The number of amides is 2. The molecule has 0 unspecified atom stereocenters. The van der Waals surface area contributed by atoms with Crippen LogP contribution < -0.4 is 10.6 Å². The largest absolute Gasteiger partial charge is 0.335 e. The number of halogens is 2. The summed E-state index contributed by atoms with van der Waals surface area (Å²) in [4.78, 5) is 11.8. The molecule has 2 aromatic rings. The molecule has 1 saturated carbocycles. The molecule has 2 N–H and O–H groups in total. The standard InChI is InChI=1S/C15H16F2N4O/c1-9(10-2-3-10)18-15(22)19-14-6-7-21(20-14)11-4-5-12(16)13(17)8-11/h4-10H,2-3H2,1H3,(H2,18,19,20,22)/t9-/m0/s1. The summed E-state index contributed by atoms with van der Waals surface area (Å²) in [5, 5.41) is 9.58. The number of anilines is 1. The van der Waals surface area contributed by atoms with Gasteiger partial charge in [0.05, 0.1) is 5.69 Å². The highest BCUT2D eigenvalue weighted by Crippen LogP contribution is 2.32. The Kier molecular flexibility index (Phi) is 3.79. The summed E-state index contributed by atoms with van der Waals surface area (Å²) < 4.78 is 27.5. The molecule has 0 aliphatic heterocycles. The van der Waals surface area contributed by atoms with Crippen molar-refractivity contribution in [2.75, 3.05) is 5.32 Å². The van der Waals surface area contributed by atoms with E-state index in [9.17, 15) is 13.6 Å². The lowest BCUT2D eigenvalue weighted by molar-refractivity contribution is 0.248. The van der Waals surface area contributed by atoms with Crippen LogP contribution in [0.15, 0.2) is 30.5 Å². The number of rotatable bonds is 4. The first-order chi connectivity index (χ1) is 10.5. The van der Waals surface area contributed by atoms with Crippen LogP contribution in [0.25, 0.3) is 5.69 Å². The predicted molar refractivity (Wildman–Crippen MR) is 77.8 cm³/mol. The highest BCUT2D eigenvalue weighted by Gasteiger charge is 2.28. The Labute approximate surface area is 126 Å². The number of hydrogen-bond acceptors (Lipinski definition) is 2. The maximum atomic E-state index is 13.2. The fourth-order valence-electron chi connectivity index (χ4n) is 2.24. The van der Waals surface area contributed by atoms with E-state index in [1.54, 1.807) is 12.3 Å². The van der Waals surface area contributed by atoms with Crippen molar-refractivity contribution in [3.8, 4) is 5.69 Å². The minimum atomic E-state index is -0.946. The van der Waals surface area contributed by atoms with Crippen LogP contribution in [0.1, 0.15) is 19.8 Å². The van der Waals surface area contributed by atoms with Gasteiger partial charge in [-0.1, -0.05) is 0 Å². The van der Waals surface area contributed by atoms with Gasteiger partial charge < -0.3 is 5.32 Å². The van der Waals surface area contributed by atoms with Crippen molar-refractivity contribution < 1.29 is 13.6 Å². The molecule has 1 aromatic heterocycles. The van der Waals surface area contributed by atoms with Crippen LogP contribution >= 0.6 is 0 Å². The van der Waals surface area contributed by atoms with Crippen molar-refractivity contribution >= 4 is 11.8 Å². The number of nitrogens with one attached hydrogen (secondary N) is 2. The van der Waals surface area contributed by atoms with Crippen molar-refractivity contribution in [3.63, 3.8) is 0 Å². The molecule has 1 aliphatic rings. The number of benzene rings is 1. The first-order valence-electron chi connectivity index (χ1n) is 7.11. The summed E-state index contributed by atoms with van der Waals surface area (Å²) in [5.74, 6) is -0.961. The second-order valence-electron chi connectivity index (χ2n) is 5.47. The zero-order chi connectivity index (χ0) is 15.7. The second-order valence-corrected chi connectivity index (χ2v) is 5.47. The Morgan fingerprint density at radius 1 is 1.32 bits per heavy atom. The lowest BCUT2D eigenvalue weighted by Gasteiger charge is -2.12. The summed E-state index contributed by atoms with van der Waals surface area (Å²) >= 11 is 0. The minimum Gasteiger partial charge on any atom is -0.335 e. The molecule has 3 rings (SSSR count). The van der Waals surface area contributed by atoms with Crippen molar-refractivity contribution in [3.05, 3.63) is 42.1 Å². The topological polar surface area (TPSA) is 59.0 Å². The zero-order valence-corrected chi connectivity index (χ0v) is 12.0. The van der Waals surface area contributed by atoms with Gasteiger partial charge in [0, 0.05) is 24.4 Å². The van der Waals surface area contributed by atoms with Crippen molar-refractivity contribution in [2.45, 2.75) is 25.8 Å². The first kappa shape index (κ1) is 14.5. The van der Waals surface area contributed by atoms with Crippen LogP contribution in [-0.2, 0) is 0 Å². The summed E-state index contributed by atoms with van der Waals surface area (Å²) in [5.41, 5.74) is 0.374. The Hall–Kier alpha value is -2.44. The lowest BCUT2D eigenvalue weighted by Crippen LogP contribution is -2.37. The Bertz CT molecular complexity index is 697. The van der Waals surface area contributed by atoms with Gasteiger partial charge in [-0.2, -0.15) is 0 Å². The molecule has 1 aromatic carbocycles. The highest BCUT2D eigenvalue weighted by atomic mass is 19.2. The van der Waals surface area contributed by atoms with Crippen LogP contribution in [0.2, 0.25) is 0 Å². The van der Waals surface area contributed by atoms with Gasteiger partial charge >= 0.3 is 6.03 Å². The molecule has 22 heavy (non-hydrogen) atoms. The molecule has 2 amide bonds. The molecule has 0 bridgehead atoms. The molecule has 1 heterocycles. The van der Waals surface area contributed by atoms with Gasteiger partial charge in [0.25, 0.3) is 0 Å². The summed E-state index contributed by atoms with van der Waals surface area (Å²) in [6.45, 7) is 1.97. The number of nitrogens with zero attached hydrogens (tertiary/aromatic N) is 2. The van der Waals surface area contributed by atoms with Gasteiger partial charge in [0.1, 0.15) is 0 Å². The van der Waals surface area contributed by atoms with Crippen LogP contribution in [0.4, 0.5) is 19.4 Å². The molecule has 0 saturated heterocycles. The number of carbonyl (C=O) groups is 1. The lowest BCUT2D eigenvalue weighted by atomic mass is 10.2. The van der Waals surface area contributed by atoms with E-state index in [1.807, 2.05) is 6.92 Å². The smallest absolute Gasteiger partial charge is 0.320 e. The van der Waals surface area contributed by atoms with Gasteiger partial charge in [0.15, 0.2) is 17.5 Å². The average Bonchev–Trinajstić information content (AvgIpc) is 3.23. The molecule has 5 nitrogen and oxygen atoms in total. The number of urea groups is 1. The number of aromatic nitrogens is 2. The van der Waals surface area contributed by atoms with E-state index >= 15 is 0 Å². The molecule has 1 atom stereocenters. The van der Waals surface area contributed by atoms with E-state index in [0.717, 1.165) is 25.0 Å². The van der Waals surface area contributed by atoms with E-state index in [-0.39, 0.29) is 12.1 Å². The van der Waals surface area contributed by atoms with Crippen LogP contribution in [-0.4, -0.2) is 21.9 Å². The maximum Gasteiger partial charge on any atom is 0.320 e. The molecule has 0 spiro atoms. The van der Waals surface area contributed by atoms with Crippen LogP contribution in [0.3, 0.4) is 0 Å². The normalized spacial score (nSPS) is 15.4. The van der Waals surface area contributed by atoms with Gasteiger partial charge in [-0.3, -0.25) is 5.32 Å². The monoisotopic (exact) mass is 306 g/mol. The van der Waals surface area contributed by atoms with Crippen LogP contribution in [0.5, 0.6) is 0 Å². The van der Waals surface area contributed by atoms with Gasteiger partial charge in [-0.15, -0.1) is 5.10 Å². The molecule has 1 fully saturated rings. The molecular formula is C15H16F2N4O. The predicted octanol–water partition coefficient (Wildman–Crippen LogP) is 3.07. The third-order valence-electron chi connectivity index (χ3n) is 3.69. The van der Waals surface area contributed by atoms with E-state index in [2.05, 4.69) is 15.7 Å². The Morgan fingerprint density at radius 3 is 2.77 bits per heavy atom. The number of carbonyl (C=O) groups excluding carboxylic acids is 1. The second kappa shape index (κ2) is 5.75. The van der Waals surface area contributed by atoms with E-state index in [4.69, 9.17) is 0 Å². The summed E-state index contributed by atoms with van der Waals surface area (Å²) in [6, 6.07) is 4.88.